The first-order chi connectivity index (χ1) is 12.1. The van der Waals surface area contributed by atoms with Gasteiger partial charge < -0.3 is 10.4 Å². The fourth-order valence-corrected chi connectivity index (χ4v) is 3.16. The Kier molecular flexibility index (Phi) is 4.59. The first kappa shape index (κ1) is 18.2. The van der Waals surface area contributed by atoms with Crippen LogP contribution in [0.2, 0.25) is 0 Å². The van der Waals surface area contributed by atoms with Crippen molar-refractivity contribution in [1.82, 2.24) is 19.9 Å². The van der Waals surface area contributed by atoms with Crippen molar-refractivity contribution < 1.29 is 27.9 Å². The van der Waals surface area contributed by atoms with E-state index in [1.165, 1.54) is 13.0 Å². The number of alkyl halides is 3. The van der Waals surface area contributed by atoms with Crippen LogP contribution in [0.4, 0.5) is 13.2 Å². The summed E-state index contributed by atoms with van der Waals surface area (Å²) in [7, 11) is 0. The summed E-state index contributed by atoms with van der Waals surface area (Å²) in [4.78, 5) is 27.3. The van der Waals surface area contributed by atoms with Crippen molar-refractivity contribution in [3.63, 3.8) is 0 Å². The van der Waals surface area contributed by atoms with E-state index in [-0.39, 0.29) is 23.1 Å². The Labute approximate surface area is 146 Å². The summed E-state index contributed by atoms with van der Waals surface area (Å²) >= 11 is 0. The largest absolute Gasteiger partial charge is 0.481 e. The number of halogens is 3. The van der Waals surface area contributed by atoms with Crippen molar-refractivity contribution in [2.45, 2.75) is 44.8 Å². The third-order valence-corrected chi connectivity index (χ3v) is 4.49. The lowest BCUT2D eigenvalue weighted by molar-refractivity contribution is -0.143. The minimum atomic E-state index is -4.62. The lowest BCUT2D eigenvalue weighted by Crippen LogP contribution is -2.38. The molecule has 140 valence electrons. The SMILES string of the molecule is Cc1cc(C(F)(F)F)n2nc(C(=O)NC3CCC(C(=O)O)CC3)cc2n1. The van der Waals surface area contributed by atoms with Crippen LogP contribution in [-0.4, -0.2) is 37.6 Å². The Morgan fingerprint density at radius 2 is 1.88 bits per heavy atom. The van der Waals surface area contributed by atoms with Gasteiger partial charge in [-0.05, 0) is 38.7 Å². The molecule has 0 atom stereocenters. The van der Waals surface area contributed by atoms with Crippen LogP contribution in [-0.2, 0) is 11.0 Å². The predicted octanol–water partition coefficient (Wildman–Crippen LogP) is 2.43. The molecule has 2 heterocycles. The number of carboxylic acid groups (broad SMARTS) is 1. The first-order valence-electron chi connectivity index (χ1n) is 8.13. The molecule has 0 aliphatic heterocycles. The van der Waals surface area contributed by atoms with Crippen LogP contribution in [0.3, 0.4) is 0 Å². The molecular weight excluding hydrogens is 353 g/mol. The molecule has 1 amide bonds. The Morgan fingerprint density at radius 3 is 2.46 bits per heavy atom. The van der Waals surface area contributed by atoms with E-state index in [9.17, 15) is 22.8 Å². The van der Waals surface area contributed by atoms with Gasteiger partial charge in [0, 0.05) is 17.8 Å². The summed E-state index contributed by atoms with van der Waals surface area (Å²) in [5.74, 6) is -1.86. The zero-order valence-corrected chi connectivity index (χ0v) is 13.9. The summed E-state index contributed by atoms with van der Waals surface area (Å²) in [6.07, 6.45) is -2.72. The lowest BCUT2D eigenvalue weighted by Gasteiger charge is -2.26. The quantitative estimate of drug-likeness (QED) is 0.865. The van der Waals surface area contributed by atoms with Crippen molar-refractivity contribution in [2.24, 2.45) is 5.92 Å². The van der Waals surface area contributed by atoms with E-state index < -0.39 is 29.7 Å². The molecule has 0 bridgehead atoms. The van der Waals surface area contributed by atoms with Gasteiger partial charge in [-0.25, -0.2) is 9.50 Å². The number of carbonyl (C=O) groups is 2. The highest BCUT2D eigenvalue weighted by Crippen LogP contribution is 2.30. The highest BCUT2D eigenvalue weighted by molar-refractivity contribution is 5.93. The number of aryl methyl sites for hydroxylation is 1. The normalized spacial score (nSPS) is 20.9. The number of aliphatic carboxylic acids is 1. The summed E-state index contributed by atoms with van der Waals surface area (Å²) in [5, 5.41) is 15.4. The van der Waals surface area contributed by atoms with Crippen molar-refractivity contribution in [3.8, 4) is 0 Å². The fourth-order valence-electron chi connectivity index (χ4n) is 3.16. The molecular formula is C16H17F3N4O3. The number of hydrogen-bond donors (Lipinski definition) is 2. The van der Waals surface area contributed by atoms with Crippen molar-refractivity contribution in [2.75, 3.05) is 0 Å². The van der Waals surface area contributed by atoms with E-state index in [4.69, 9.17) is 5.11 Å². The molecule has 3 rings (SSSR count). The number of aromatic nitrogens is 3. The summed E-state index contributed by atoms with van der Waals surface area (Å²) in [6.45, 7) is 1.43. The molecule has 10 heteroatoms. The third-order valence-electron chi connectivity index (χ3n) is 4.49. The molecule has 1 fully saturated rings. The van der Waals surface area contributed by atoms with E-state index >= 15 is 0 Å². The van der Waals surface area contributed by atoms with Crippen molar-refractivity contribution in [1.29, 1.82) is 0 Å². The van der Waals surface area contributed by atoms with E-state index in [1.54, 1.807) is 0 Å². The van der Waals surface area contributed by atoms with E-state index in [0.29, 0.717) is 30.2 Å². The van der Waals surface area contributed by atoms with Gasteiger partial charge in [0.2, 0.25) is 0 Å². The lowest BCUT2D eigenvalue weighted by atomic mass is 9.86. The Morgan fingerprint density at radius 1 is 1.23 bits per heavy atom. The zero-order chi connectivity index (χ0) is 19.1. The summed E-state index contributed by atoms with van der Waals surface area (Å²) in [6, 6.07) is 1.86. The molecule has 0 unspecified atom stereocenters. The monoisotopic (exact) mass is 370 g/mol. The van der Waals surface area contributed by atoms with Gasteiger partial charge in [0.05, 0.1) is 5.92 Å². The van der Waals surface area contributed by atoms with Gasteiger partial charge in [-0.1, -0.05) is 0 Å². The topological polar surface area (TPSA) is 96.6 Å². The van der Waals surface area contributed by atoms with Crippen molar-refractivity contribution in [3.05, 3.63) is 29.2 Å². The Bertz CT molecular complexity index is 854. The fraction of sp³-hybridized carbons (Fsp3) is 0.500. The maximum atomic E-state index is 13.1. The standard InChI is InChI=1S/C16H17F3N4O3/c1-8-6-12(16(17,18)19)23-13(20-8)7-11(22-23)14(24)21-10-4-2-9(3-5-10)15(25)26/h6-7,9-10H,2-5H2,1H3,(H,21,24)(H,25,26). The molecule has 7 nitrogen and oxygen atoms in total. The van der Waals surface area contributed by atoms with Gasteiger partial charge in [0.1, 0.15) is 5.69 Å². The number of fused-ring (bicyclic) bond motifs is 1. The second-order valence-corrected chi connectivity index (χ2v) is 6.44. The van der Waals surface area contributed by atoms with Gasteiger partial charge in [-0.2, -0.15) is 18.3 Å². The first-order valence-corrected chi connectivity index (χ1v) is 8.13. The molecule has 0 spiro atoms. The van der Waals surface area contributed by atoms with E-state index in [0.717, 1.165) is 6.07 Å². The second kappa shape index (κ2) is 6.58. The van der Waals surface area contributed by atoms with Crippen LogP contribution in [0.5, 0.6) is 0 Å². The maximum Gasteiger partial charge on any atom is 0.433 e. The number of hydrogen-bond acceptors (Lipinski definition) is 4. The van der Waals surface area contributed by atoms with E-state index in [2.05, 4.69) is 15.4 Å². The molecule has 0 aromatic carbocycles. The molecule has 2 aromatic heterocycles. The smallest absolute Gasteiger partial charge is 0.433 e. The minimum absolute atomic E-state index is 0.0583. The number of nitrogens with zero attached hydrogens (tertiary/aromatic N) is 3. The predicted molar refractivity (Wildman–Crippen MR) is 83.6 cm³/mol. The van der Waals surface area contributed by atoms with Crippen molar-refractivity contribution >= 4 is 17.5 Å². The molecule has 1 aliphatic rings. The minimum Gasteiger partial charge on any atom is -0.481 e. The average Bonchev–Trinajstić information content (AvgIpc) is 2.97. The second-order valence-electron chi connectivity index (χ2n) is 6.44. The van der Waals surface area contributed by atoms with Gasteiger partial charge in [0.25, 0.3) is 5.91 Å². The number of carboxylic acids is 1. The van der Waals surface area contributed by atoms with Crippen LogP contribution in [0.15, 0.2) is 12.1 Å². The molecule has 0 saturated heterocycles. The van der Waals surface area contributed by atoms with Gasteiger partial charge in [0.15, 0.2) is 11.3 Å². The van der Waals surface area contributed by atoms with Crippen LogP contribution < -0.4 is 5.32 Å². The Hall–Kier alpha value is -2.65. The van der Waals surface area contributed by atoms with Crippen LogP contribution in [0, 0.1) is 12.8 Å². The molecule has 0 radical (unpaired) electrons. The molecule has 26 heavy (non-hydrogen) atoms. The third kappa shape index (κ3) is 3.63. The van der Waals surface area contributed by atoms with Crippen LogP contribution in [0.25, 0.3) is 5.65 Å². The summed E-state index contributed by atoms with van der Waals surface area (Å²) in [5.41, 5.74) is -1.05. The number of carbonyl (C=O) groups excluding carboxylic acids is 1. The Balaban J connectivity index is 1.78. The zero-order valence-electron chi connectivity index (χ0n) is 13.9. The molecule has 2 aromatic rings. The highest BCUT2D eigenvalue weighted by atomic mass is 19.4. The van der Waals surface area contributed by atoms with E-state index in [1.807, 2.05) is 0 Å². The average molecular weight is 370 g/mol. The van der Waals surface area contributed by atoms with Gasteiger partial charge in [-0.15, -0.1) is 0 Å². The summed E-state index contributed by atoms with van der Waals surface area (Å²) < 4.78 is 40.1. The van der Waals surface area contributed by atoms with Crippen LogP contribution >= 0.6 is 0 Å². The van der Waals surface area contributed by atoms with Gasteiger partial charge >= 0.3 is 12.1 Å². The number of nitrogens with one attached hydrogen (secondary N) is 1. The molecule has 1 saturated carbocycles. The molecule has 1 aliphatic carbocycles. The maximum absolute atomic E-state index is 13.1. The number of amides is 1. The number of rotatable bonds is 3. The molecule has 2 N–H and O–H groups in total. The highest BCUT2D eigenvalue weighted by Gasteiger charge is 2.35. The van der Waals surface area contributed by atoms with Gasteiger partial charge in [-0.3, -0.25) is 9.59 Å². The van der Waals surface area contributed by atoms with Crippen LogP contribution in [0.1, 0.15) is 47.6 Å².